The molecule has 4 rings (SSSR count). The number of benzene rings is 2. The highest BCUT2D eigenvalue weighted by Crippen LogP contribution is 2.36. The van der Waals surface area contributed by atoms with Gasteiger partial charge in [0.25, 0.3) is 5.91 Å². The molecule has 136 valence electrons. The largest absolute Gasteiger partial charge is 0.320 e. The Bertz CT molecular complexity index is 1010. The summed E-state index contributed by atoms with van der Waals surface area (Å²) in [7, 11) is 0. The molecule has 1 N–H and O–H groups in total. The quantitative estimate of drug-likeness (QED) is 0.752. The molecule has 27 heavy (non-hydrogen) atoms. The average molecular weight is 358 g/mol. The van der Waals surface area contributed by atoms with E-state index in [-0.39, 0.29) is 11.9 Å². The van der Waals surface area contributed by atoms with Gasteiger partial charge in [-0.25, -0.2) is 9.97 Å². The van der Waals surface area contributed by atoms with Crippen LogP contribution in [0.5, 0.6) is 0 Å². The van der Waals surface area contributed by atoms with Crippen LogP contribution >= 0.6 is 0 Å². The molecule has 1 atom stereocenters. The maximum absolute atomic E-state index is 12.7. The molecule has 1 aliphatic rings. The van der Waals surface area contributed by atoms with E-state index in [1.165, 1.54) is 5.56 Å². The second kappa shape index (κ2) is 6.83. The van der Waals surface area contributed by atoms with Crippen molar-refractivity contribution in [3.05, 3.63) is 77.1 Å². The van der Waals surface area contributed by atoms with Crippen molar-refractivity contribution in [2.45, 2.75) is 33.2 Å². The number of para-hydroxylation sites is 1. The van der Waals surface area contributed by atoms with Crippen LogP contribution < -0.4 is 10.2 Å². The fourth-order valence-corrected chi connectivity index (χ4v) is 3.60. The number of fused-ring (bicyclic) bond motifs is 1. The van der Waals surface area contributed by atoms with E-state index in [0.717, 1.165) is 28.9 Å². The van der Waals surface area contributed by atoms with Gasteiger partial charge < -0.3 is 10.2 Å². The van der Waals surface area contributed by atoms with Crippen LogP contribution in [0, 0.1) is 13.8 Å². The van der Waals surface area contributed by atoms with Gasteiger partial charge in [0.1, 0.15) is 5.69 Å². The Labute approximate surface area is 159 Å². The van der Waals surface area contributed by atoms with Gasteiger partial charge in [0.15, 0.2) is 0 Å². The fraction of sp³-hybridized carbons (Fsp3) is 0.227. The van der Waals surface area contributed by atoms with Crippen LogP contribution in [-0.4, -0.2) is 21.9 Å². The van der Waals surface area contributed by atoms with Crippen molar-refractivity contribution in [3.8, 4) is 0 Å². The zero-order chi connectivity index (χ0) is 19.0. The van der Waals surface area contributed by atoms with Gasteiger partial charge in [0, 0.05) is 23.6 Å². The number of hydrogen-bond donors (Lipinski definition) is 1. The normalized spacial score (nSPS) is 15.5. The molecule has 0 radical (unpaired) electrons. The van der Waals surface area contributed by atoms with E-state index in [0.29, 0.717) is 11.6 Å². The van der Waals surface area contributed by atoms with Crippen LogP contribution in [0.2, 0.25) is 0 Å². The molecule has 1 aliphatic heterocycles. The van der Waals surface area contributed by atoms with Crippen molar-refractivity contribution in [2.75, 3.05) is 10.2 Å². The number of carbonyl (C=O) groups is 1. The number of nitrogens with zero attached hydrogens (tertiary/aromatic N) is 3. The first-order valence-corrected chi connectivity index (χ1v) is 9.12. The molecule has 0 spiro atoms. The number of nitrogens with one attached hydrogen (secondary N) is 1. The van der Waals surface area contributed by atoms with Crippen LogP contribution in [-0.2, 0) is 6.42 Å². The Hall–Kier alpha value is -3.21. The Balaban J connectivity index is 1.62. The summed E-state index contributed by atoms with van der Waals surface area (Å²) in [5.74, 6) is 0.325. The topological polar surface area (TPSA) is 58.1 Å². The molecule has 5 heteroatoms. The second-order valence-electron chi connectivity index (χ2n) is 7.07. The maximum atomic E-state index is 12.7. The predicted octanol–water partition coefficient (Wildman–Crippen LogP) is 4.43. The molecule has 1 amide bonds. The van der Waals surface area contributed by atoms with E-state index in [1.807, 2.05) is 44.2 Å². The summed E-state index contributed by atoms with van der Waals surface area (Å²) in [4.78, 5) is 23.8. The summed E-state index contributed by atoms with van der Waals surface area (Å²) < 4.78 is 0. The number of amides is 1. The molecule has 0 aliphatic carbocycles. The minimum Gasteiger partial charge on any atom is -0.320 e. The standard InChI is InChI=1S/C22H22N4O/c1-14-8-9-18(15(2)12-14)24-21(27)19-10-11-23-22(25-19)26-16(3)13-17-6-4-5-7-20(17)26/h4-12,16H,13H2,1-3H3,(H,24,27). The number of anilines is 3. The zero-order valence-corrected chi connectivity index (χ0v) is 15.7. The highest BCUT2D eigenvalue weighted by molar-refractivity contribution is 6.03. The van der Waals surface area contributed by atoms with E-state index in [9.17, 15) is 4.79 Å². The highest BCUT2D eigenvalue weighted by Gasteiger charge is 2.29. The summed E-state index contributed by atoms with van der Waals surface area (Å²) >= 11 is 0. The molecule has 2 aromatic carbocycles. The molecule has 5 nitrogen and oxygen atoms in total. The fourth-order valence-electron chi connectivity index (χ4n) is 3.60. The van der Waals surface area contributed by atoms with Gasteiger partial charge in [-0.2, -0.15) is 0 Å². The molecule has 1 unspecified atom stereocenters. The lowest BCUT2D eigenvalue weighted by molar-refractivity contribution is 0.102. The number of aryl methyl sites for hydroxylation is 2. The smallest absolute Gasteiger partial charge is 0.274 e. The number of carbonyl (C=O) groups excluding carboxylic acids is 1. The Morgan fingerprint density at radius 1 is 1.15 bits per heavy atom. The first-order valence-electron chi connectivity index (χ1n) is 9.12. The maximum Gasteiger partial charge on any atom is 0.274 e. The Morgan fingerprint density at radius 2 is 1.96 bits per heavy atom. The van der Waals surface area contributed by atoms with E-state index in [1.54, 1.807) is 12.3 Å². The third kappa shape index (κ3) is 3.28. The molecular formula is C22H22N4O. The molecule has 0 saturated heterocycles. The summed E-state index contributed by atoms with van der Waals surface area (Å²) in [6, 6.07) is 16.1. The average Bonchev–Trinajstić information content (AvgIpc) is 2.99. The summed E-state index contributed by atoms with van der Waals surface area (Å²) in [5.41, 5.74) is 5.73. The van der Waals surface area contributed by atoms with Crippen molar-refractivity contribution in [3.63, 3.8) is 0 Å². The van der Waals surface area contributed by atoms with Gasteiger partial charge >= 0.3 is 0 Å². The van der Waals surface area contributed by atoms with Gasteiger partial charge in [0.05, 0.1) is 0 Å². The summed E-state index contributed by atoms with van der Waals surface area (Å²) in [6.07, 6.45) is 2.59. The monoisotopic (exact) mass is 358 g/mol. The van der Waals surface area contributed by atoms with Gasteiger partial charge in [-0.3, -0.25) is 4.79 Å². The van der Waals surface area contributed by atoms with Crippen molar-refractivity contribution in [1.29, 1.82) is 0 Å². The van der Waals surface area contributed by atoms with Gasteiger partial charge in [-0.1, -0.05) is 35.9 Å². The SMILES string of the molecule is Cc1ccc(NC(=O)c2ccnc(N3c4ccccc4CC3C)n2)c(C)c1. The van der Waals surface area contributed by atoms with Crippen LogP contribution in [0.3, 0.4) is 0 Å². The minimum atomic E-state index is -0.231. The Kier molecular flexibility index (Phi) is 4.36. The predicted molar refractivity (Wildman–Crippen MR) is 108 cm³/mol. The van der Waals surface area contributed by atoms with E-state index in [2.05, 4.69) is 39.2 Å². The van der Waals surface area contributed by atoms with E-state index in [4.69, 9.17) is 0 Å². The number of rotatable bonds is 3. The lowest BCUT2D eigenvalue weighted by Crippen LogP contribution is -2.27. The third-order valence-electron chi connectivity index (χ3n) is 4.93. The van der Waals surface area contributed by atoms with Crippen molar-refractivity contribution in [2.24, 2.45) is 0 Å². The summed E-state index contributed by atoms with van der Waals surface area (Å²) in [6.45, 7) is 6.16. The molecule has 0 fully saturated rings. The minimum absolute atomic E-state index is 0.231. The first-order chi connectivity index (χ1) is 13.0. The molecule has 3 aromatic rings. The van der Waals surface area contributed by atoms with E-state index >= 15 is 0 Å². The molecule has 2 heterocycles. The zero-order valence-electron chi connectivity index (χ0n) is 15.7. The van der Waals surface area contributed by atoms with Crippen molar-refractivity contribution in [1.82, 2.24) is 9.97 Å². The molecule has 1 aromatic heterocycles. The van der Waals surface area contributed by atoms with Gasteiger partial charge in [-0.15, -0.1) is 0 Å². The number of aromatic nitrogens is 2. The number of hydrogen-bond acceptors (Lipinski definition) is 4. The van der Waals surface area contributed by atoms with Crippen molar-refractivity contribution >= 4 is 23.2 Å². The molecule has 0 bridgehead atoms. The molecular weight excluding hydrogens is 336 g/mol. The van der Waals surface area contributed by atoms with Crippen LogP contribution in [0.1, 0.15) is 34.1 Å². The van der Waals surface area contributed by atoms with Crippen LogP contribution in [0.25, 0.3) is 0 Å². The van der Waals surface area contributed by atoms with E-state index < -0.39 is 0 Å². The third-order valence-corrected chi connectivity index (χ3v) is 4.93. The van der Waals surface area contributed by atoms with Crippen LogP contribution in [0.15, 0.2) is 54.7 Å². The van der Waals surface area contributed by atoms with Crippen molar-refractivity contribution < 1.29 is 4.79 Å². The summed E-state index contributed by atoms with van der Waals surface area (Å²) in [5, 5.41) is 2.95. The first kappa shape index (κ1) is 17.2. The highest BCUT2D eigenvalue weighted by atomic mass is 16.1. The van der Waals surface area contributed by atoms with Gasteiger partial charge in [-0.05, 0) is 56.5 Å². The Morgan fingerprint density at radius 3 is 2.78 bits per heavy atom. The van der Waals surface area contributed by atoms with Gasteiger partial charge in [0.2, 0.25) is 5.95 Å². The molecule has 0 saturated carbocycles. The second-order valence-corrected chi connectivity index (χ2v) is 7.07. The lowest BCUT2D eigenvalue weighted by atomic mass is 10.1. The lowest BCUT2D eigenvalue weighted by Gasteiger charge is -2.22. The van der Waals surface area contributed by atoms with Crippen LogP contribution in [0.4, 0.5) is 17.3 Å².